The summed E-state index contributed by atoms with van der Waals surface area (Å²) in [6.45, 7) is 0. The van der Waals surface area contributed by atoms with E-state index in [1.807, 2.05) is 0 Å². The number of rotatable bonds is 7. The number of aromatic nitrogens is 1. The van der Waals surface area contributed by atoms with E-state index in [-0.39, 0.29) is 28.6 Å². The van der Waals surface area contributed by atoms with Crippen molar-refractivity contribution in [3.8, 4) is 0 Å². The van der Waals surface area contributed by atoms with E-state index in [1.165, 1.54) is 6.07 Å². The topological polar surface area (TPSA) is 88.2 Å². The maximum atomic E-state index is 13.2. The summed E-state index contributed by atoms with van der Waals surface area (Å²) < 4.78 is 65.8. The Hall–Kier alpha value is -2.92. The summed E-state index contributed by atoms with van der Waals surface area (Å²) in [5, 5.41) is 4.13. The van der Waals surface area contributed by atoms with Crippen molar-refractivity contribution >= 4 is 38.1 Å². The van der Waals surface area contributed by atoms with E-state index in [0.29, 0.717) is 5.69 Å². The number of halogens is 3. The van der Waals surface area contributed by atoms with Crippen molar-refractivity contribution < 1.29 is 26.4 Å². The lowest BCUT2D eigenvalue weighted by Crippen LogP contribution is -2.13. The Bertz CT molecular complexity index is 1130. The predicted octanol–water partition coefficient (Wildman–Crippen LogP) is 3.93. The minimum atomic E-state index is -3.91. The standard InChI is InChI=1S/C18H14F3N3O3S2/c19-11-1-5-14(6-2-11)29(26,27)24-18-23-13(10-28-18)4-8-17(25)22-12-3-7-15(20)16(21)9-12/h1-3,5-7,9-10H,4,8H2,(H,22,25)(H,23,24). The molecule has 1 heterocycles. The molecule has 1 aromatic heterocycles. The Morgan fingerprint density at radius 3 is 2.45 bits per heavy atom. The van der Waals surface area contributed by atoms with Crippen LogP contribution in [0, 0.1) is 17.5 Å². The van der Waals surface area contributed by atoms with E-state index >= 15 is 0 Å². The molecule has 0 unspecified atom stereocenters. The van der Waals surface area contributed by atoms with Crippen molar-refractivity contribution in [3.63, 3.8) is 0 Å². The summed E-state index contributed by atoms with van der Waals surface area (Å²) in [6.07, 6.45) is 0.219. The van der Waals surface area contributed by atoms with Gasteiger partial charge in [-0.3, -0.25) is 9.52 Å². The number of amides is 1. The van der Waals surface area contributed by atoms with Crippen molar-refractivity contribution in [1.82, 2.24) is 4.98 Å². The summed E-state index contributed by atoms with van der Waals surface area (Å²) >= 11 is 1.04. The van der Waals surface area contributed by atoms with Gasteiger partial charge in [0.25, 0.3) is 10.0 Å². The van der Waals surface area contributed by atoms with Crippen LogP contribution in [0.4, 0.5) is 24.0 Å². The number of aryl methyl sites for hydroxylation is 1. The average Bonchev–Trinajstić information content (AvgIpc) is 3.10. The first-order valence-corrected chi connectivity index (χ1v) is 10.6. The second-order valence-electron chi connectivity index (χ2n) is 5.88. The van der Waals surface area contributed by atoms with E-state index in [9.17, 15) is 26.4 Å². The fraction of sp³-hybridized carbons (Fsp3) is 0.111. The number of carbonyl (C=O) groups excluding carboxylic acids is 1. The van der Waals surface area contributed by atoms with Gasteiger partial charge in [-0.25, -0.2) is 26.6 Å². The zero-order valence-electron chi connectivity index (χ0n) is 14.7. The first-order valence-electron chi connectivity index (χ1n) is 8.20. The molecular formula is C18H14F3N3O3S2. The van der Waals surface area contributed by atoms with Gasteiger partial charge in [-0.05, 0) is 42.8 Å². The van der Waals surface area contributed by atoms with Crippen LogP contribution in [0.1, 0.15) is 12.1 Å². The first kappa shape index (κ1) is 20.8. The van der Waals surface area contributed by atoms with E-state index in [0.717, 1.165) is 47.7 Å². The Morgan fingerprint density at radius 1 is 1.03 bits per heavy atom. The predicted molar refractivity (Wildman–Crippen MR) is 103 cm³/mol. The zero-order valence-corrected chi connectivity index (χ0v) is 16.3. The van der Waals surface area contributed by atoms with Crippen molar-refractivity contribution in [2.75, 3.05) is 10.0 Å². The maximum absolute atomic E-state index is 13.2. The molecule has 0 fully saturated rings. The van der Waals surface area contributed by atoms with Crippen LogP contribution in [0.5, 0.6) is 0 Å². The Kier molecular flexibility index (Phi) is 6.18. The smallest absolute Gasteiger partial charge is 0.263 e. The first-order chi connectivity index (χ1) is 13.7. The van der Waals surface area contributed by atoms with Gasteiger partial charge in [-0.2, -0.15) is 0 Å². The average molecular weight is 441 g/mol. The van der Waals surface area contributed by atoms with Crippen molar-refractivity contribution in [3.05, 3.63) is 71.0 Å². The van der Waals surface area contributed by atoms with Crippen LogP contribution in [0.15, 0.2) is 52.7 Å². The third-order valence-electron chi connectivity index (χ3n) is 3.71. The van der Waals surface area contributed by atoms with Gasteiger partial charge in [-0.1, -0.05) is 0 Å². The molecule has 0 atom stereocenters. The molecule has 2 aromatic carbocycles. The van der Waals surface area contributed by atoms with Gasteiger partial charge >= 0.3 is 0 Å². The van der Waals surface area contributed by atoms with Gasteiger partial charge in [0.2, 0.25) is 5.91 Å². The van der Waals surface area contributed by atoms with Crippen LogP contribution < -0.4 is 10.0 Å². The molecule has 3 aromatic rings. The lowest BCUT2D eigenvalue weighted by atomic mass is 10.2. The van der Waals surface area contributed by atoms with Crippen LogP contribution in [-0.4, -0.2) is 19.3 Å². The van der Waals surface area contributed by atoms with Crippen LogP contribution >= 0.6 is 11.3 Å². The summed E-state index contributed by atoms with van der Waals surface area (Å²) in [5.41, 5.74) is 0.604. The number of hydrogen-bond donors (Lipinski definition) is 2. The lowest BCUT2D eigenvalue weighted by Gasteiger charge is -2.05. The highest BCUT2D eigenvalue weighted by Gasteiger charge is 2.16. The second-order valence-corrected chi connectivity index (χ2v) is 8.42. The fourth-order valence-electron chi connectivity index (χ4n) is 2.30. The zero-order chi connectivity index (χ0) is 21.0. The van der Waals surface area contributed by atoms with Crippen molar-refractivity contribution in [2.45, 2.75) is 17.7 Å². The number of sulfonamides is 1. The molecular weight excluding hydrogens is 427 g/mol. The number of benzene rings is 2. The molecule has 0 spiro atoms. The van der Waals surface area contributed by atoms with Crippen LogP contribution in [0.2, 0.25) is 0 Å². The molecule has 3 rings (SSSR count). The molecule has 0 aliphatic rings. The molecule has 2 N–H and O–H groups in total. The van der Waals surface area contributed by atoms with Gasteiger partial charge < -0.3 is 5.32 Å². The van der Waals surface area contributed by atoms with E-state index < -0.39 is 33.4 Å². The third-order valence-corrected chi connectivity index (χ3v) is 6.00. The second kappa shape index (κ2) is 8.62. The molecule has 152 valence electrons. The largest absolute Gasteiger partial charge is 0.326 e. The van der Waals surface area contributed by atoms with Crippen LogP contribution in [-0.2, 0) is 21.2 Å². The number of thiazole rings is 1. The molecule has 29 heavy (non-hydrogen) atoms. The van der Waals surface area contributed by atoms with Gasteiger partial charge in [0.15, 0.2) is 16.8 Å². The lowest BCUT2D eigenvalue weighted by molar-refractivity contribution is -0.116. The van der Waals surface area contributed by atoms with E-state index in [4.69, 9.17) is 0 Å². The van der Waals surface area contributed by atoms with Crippen LogP contribution in [0.3, 0.4) is 0 Å². The summed E-state index contributed by atoms with van der Waals surface area (Å²) in [4.78, 5) is 15.9. The number of hydrogen-bond acceptors (Lipinski definition) is 5. The summed E-state index contributed by atoms with van der Waals surface area (Å²) in [5.74, 6) is -3.07. The van der Waals surface area contributed by atoms with Crippen molar-refractivity contribution in [1.29, 1.82) is 0 Å². The highest BCUT2D eigenvalue weighted by Crippen LogP contribution is 2.21. The monoisotopic (exact) mass is 441 g/mol. The minimum Gasteiger partial charge on any atom is -0.326 e. The van der Waals surface area contributed by atoms with Gasteiger partial charge in [-0.15, -0.1) is 11.3 Å². The molecule has 0 saturated carbocycles. The number of carbonyl (C=O) groups is 1. The maximum Gasteiger partial charge on any atom is 0.263 e. The van der Waals surface area contributed by atoms with E-state index in [1.54, 1.807) is 5.38 Å². The number of anilines is 2. The molecule has 0 saturated heterocycles. The normalized spacial score (nSPS) is 11.3. The van der Waals surface area contributed by atoms with Gasteiger partial charge in [0.05, 0.1) is 10.6 Å². The third kappa shape index (κ3) is 5.55. The highest BCUT2D eigenvalue weighted by atomic mass is 32.2. The van der Waals surface area contributed by atoms with Crippen LogP contribution in [0.25, 0.3) is 0 Å². The molecule has 1 amide bonds. The quantitative estimate of drug-likeness (QED) is 0.582. The molecule has 11 heteroatoms. The molecule has 6 nitrogen and oxygen atoms in total. The molecule has 0 aliphatic heterocycles. The van der Waals surface area contributed by atoms with Crippen molar-refractivity contribution in [2.24, 2.45) is 0 Å². The van der Waals surface area contributed by atoms with Gasteiger partial charge in [0.1, 0.15) is 5.82 Å². The molecule has 0 bridgehead atoms. The minimum absolute atomic E-state index is 0.00683. The SMILES string of the molecule is O=C(CCc1csc(NS(=O)(=O)c2ccc(F)cc2)n1)Nc1ccc(F)c(F)c1. The Balaban J connectivity index is 1.56. The summed E-state index contributed by atoms with van der Waals surface area (Å²) in [6, 6.07) is 7.36. The Labute approximate surface area is 168 Å². The number of nitrogens with one attached hydrogen (secondary N) is 2. The van der Waals surface area contributed by atoms with E-state index in [2.05, 4.69) is 15.0 Å². The fourth-order valence-corrected chi connectivity index (χ4v) is 4.29. The Morgan fingerprint density at radius 2 is 1.76 bits per heavy atom. The molecule has 0 radical (unpaired) electrons. The highest BCUT2D eigenvalue weighted by molar-refractivity contribution is 7.93. The van der Waals surface area contributed by atoms with Gasteiger partial charge in [0, 0.05) is 23.6 Å². The summed E-state index contributed by atoms with van der Waals surface area (Å²) in [7, 11) is -3.91. The molecule has 0 aliphatic carbocycles. The number of nitrogens with zero attached hydrogens (tertiary/aromatic N) is 1.